The lowest BCUT2D eigenvalue weighted by Crippen LogP contribution is -2.21. The average Bonchev–Trinajstić information content (AvgIpc) is 2.95. The van der Waals surface area contributed by atoms with Gasteiger partial charge in [0.15, 0.2) is 0 Å². The number of hydrogen-bond donors (Lipinski definition) is 0. The van der Waals surface area contributed by atoms with Crippen molar-refractivity contribution in [1.82, 2.24) is 14.5 Å². The number of benzene rings is 1. The molecule has 4 nitrogen and oxygen atoms in total. The summed E-state index contributed by atoms with van der Waals surface area (Å²) in [6.45, 7) is -2.40. The van der Waals surface area contributed by atoms with Gasteiger partial charge in [-0.15, -0.1) is 0 Å². The second kappa shape index (κ2) is 6.41. The zero-order chi connectivity index (χ0) is 16.6. The van der Waals surface area contributed by atoms with Crippen molar-refractivity contribution in [3.8, 4) is 0 Å². The Morgan fingerprint density at radius 2 is 2.13 bits per heavy atom. The van der Waals surface area contributed by atoms with Gasteiger partial charge < -0.3 is 4.90 Å². The molecule has 0 aliphatic rings. The second-order valence-corrected chi connectivity index (χ2v) is 6.34. The minimum absolute atomic E-state index is 0.212. The maximum Gasteiger partial charge on any atom is 0.319 e. The van der Waals surface area contributed by atoms with Crippen LogP contribution in [0.3, 0.4) is 0 Å². The number of halogens is 4. The van der Waals surface area contributed by atoms with Crippen molar-refractivity contribution >= 4 is 44.3 Å². The molecule has 0 aliphatic heterocycles. The van der Waals surface area contributed by atoms with Crippen molar-refractivity contribution in [3.63, 3.8) is 0 Å². The normalized spacial score (nSPS) is 11.4. The molecule has 0 saturated heterocycles. The fourth-order valence-corrected chi connectivity index (χ4v) is 3.17. The van der Waals surface area contributed by atoms with Gasteiger partial charge in [0.1, 0.15) is 11.6 Å². The van der Waals surface area contributed by atoms with E-state index in [4.69, 9.17) is 11.6 Å². The molecular formula is C15H12BrClF2N4. The predicted octanol–water partition coefficient (Wildman–Crippen LogP) is 4.88. The molecule has 0 aliphatic carbocycles. The number of imidazole rings is 1. The summed E-state index contributed by atoms with van der Waals surface area (Å²) in [5.74, 6) is 0.900. The Labute approximate surface area is 144 Å². The molecule has 0 saturated carbocycles. The molecule has 120 valence electrons. The summed E-state index contributed by atoms with van der Waals surface area (Å²) in [7, 11) is 1.77. The molecule has 1 aromatic carbocycles. The molecule has 3 rings (SSSR count). The largest absolute Gasteiger partial charge is 0.352 e. The summed E-state index contributed by atoms with van der Waals surface area (Å²) in [4.78, 5) is 10.2. The molecule has 0 amide bonds. The van der Waals surface area contributed by atoms with Gasteiger partial charge in [0, 0.05) is 29.3 Å². The van der Waals surface area contributed by atoms with E-state index in [1.807, 2.05) is 18.2 Å². The number of alkyl halides is 2. The Bertz CT molecular complexity index is 853. The van der Waals surface area contributed by atoms with Gasteiger partial charge in [0.25, 0.3) is 0 Å². The van der Waals surface area contributed by atoms with Gasteiger partial charge in [-0.05, 0) is 24.3 Å². The Kier molecular flexibility index (Phi) is 4.50. The third-order valence-electron chi connectivity index (χ3n) is 3.42. The number of aromatic nitrogens is 3. The number of fused-ring (bicyclic) bond motifs is 1. The van der Waals surface area contributed by atoms with Crippen molar-refractivity contribution in [2.75, 3.05) is 11.9 Å². The van der Waals surface area contributed by atoms with Crippen molar-refractivity contribution in [1.29, 1.82) is 0 Å². The van der Waals surface area contributed by atoms with E-state index in [1.165, 1.54) is 12.4 Å². The van der Waals surface area contributed by atoms with Crippen molar-refractivity contribution in [3.05, 3.63) is 52.0 Å². The fourth-order valence-electron chi connectivity index (χ4n) is 2.30. The lowest BCUT2D eigenvalue weighted by atomic mass is 10.2. The standard InChI is InChI=1S/C15H12BrClF2N4/c1-22(8-13-20-4-5-23(13)15(18)19)12-3-2-9-6-10(16)7-11(17)14(9)21-12/h2-7,15H,8H2,1H3. The van der Waals surface area contributed by atoms with Crippen LogP contribution in [0.4, 0.5) is 14.6 Å². The van der Waals surface area contributed by atoms with Crippen LogP contribution in [-0.2, 0) is 6.54 Å². The highest BCUT2D eigenvalue weighted by Crippen LogP contribution is 2.28. The molecule has 0 atom stereocenters. The Balaban J connectivity index is 1.92. The molecule has 0 unspecified atom stereocenters. The molecule has 8 heteroatoms. The smallest absolute Gasteiger partial charge is 0.319 e. The first-order chi connectivity index (χ1) is 11.0. The molecule has 0 N–H and O–H groups in total. The van der Waals surface area contributed by atoms with Crippen LogP contribution in [0.2, 0.25) is 5.02 Å². The molecular weight excluding hydrogens is 390 g/mol. The lowest BCUT2D eigenvalue weighted by molar-refractivity contribution is 0.0670. The molecule has 2 aromatic heterocycles. The minimum atomic E-state index is -2.61. The number of nitrogens with zero attached hydrogens (tertiary/aromatic N) is 4. The predicted molar refractivity (Wildman–Crippen MR) is 90.0 cm³/mol. The number of hydrogen-bond acceptors (Lipinski definition) is 3. The van der Waals surface area contributed by atoms with Gasteiger partial charge in [0.2, 0.25) is 0 Å². The van der Waals surface area contributed by atoms with Crippen LogP contribution in [0.15, 0.2) is 41.1 Å². The molecule has 23 heavy (non-hydrogen) atoms. The Hall–Kier alpha value is -1.73. The topological polar surface area (TPSA) is 34.0 Å². The van der Waals surface area contributed by atoms with Gasteiger partial charge in [-0.25, -0.2) is 9.97 Å². The Morgan fingerprint density at radius 3 is 2.87 bits per heavy atom. The number of pyridine rings is 1. The van der Waals surface area contributed by atoms with Gasteiger partial charge >= 0.3 is 6.55 Å². The molecule has 3 aromatic rings. The van der Waals surface area contributed by atoms with Crippen molar-refractivity contribution in [2.24, 2.45) is 0 Å². The van der Waals surface area contributed by atoms with Gasteiger partial charge in [-0.2, -0.15) is 8.78 Å². The molecule has 0 fully saturated rings. The zero-order valence-electron chi connectivity index (χ0n) is 12.0. The zero-order valence-corrected chi connectivity index (χ0v) is 14.4. The van der Waals surface area contributed by atoms with Crippen LogP contribution in [0.1, 0.15) is 12.4 Å². The number of rotatable bonds is 4. The van der Waals surface area contributed by atoms with E-state index < -0.39 is 6.55 Å². The number of anilines is 1. The SMILES string of the molecule is CN(Cc1nccn1C(F)F)c1ccc2cc(Br)cc(Cl)c2n1. The van der Waals surface area contributed by atoms with Crippen LogP contribution in [-0.4, -0.2) is 21.6 Å². The minimum Gasteiger partial charge on any atom is -0.352 e. The van der Waals surface area contributed by atoms with Gasteiger partial charge in [-0.1, -0.05) is 27.5 Å². The summed E-state index contributed by atoms with van der Waals surface area (Å²) in [5.41, 5.74) is 0.663. The second-order valence-electron chi connectivity index (χ2n) is 5.01. The Morgan fingerprint density at radius 1 is 1.35 bits per heavy atom. The summed E-state index contributed by atoms with van der Waals surface area (Å²) in [6, 6.07) is 7.40. The van der Waals surface area contributed by atoms with E-state index in [1.54, 1.807) is 18.0 Å². The highest BCUT2D eigenvalue weighted by atomic mass is 79.9. The highest BCUT2D eigenvalue weighted by molar-refractivity contribution is 9.10. The van der Waals surface area contributed by atoms with E-state index in [0.717, 1.165) is 14.4 Å². The first-order valence-corrected chi connectivity index (χ1v) is 7.89. The van der Waals surface area contributed by atoms with E-state index >= 15 is 0 Å². The monoisotopic (exact) mass is 400 g/mol. The summed E-state index contributed by atoms with van der Waals surface area (Å²) in [6.07, 6.45) is 2.62. The average molecular weight is 402 g/mol. The summed E-state index contributed by atoms with van der Waals surface area (Å²) in [5, 5.41) is 1.43. The third kappa shape index (κ3) is 3.30. The van der Waals surface area contributed by atoms with Crippen LogP contribution in [0.25, 0.3) is 10.9 Å². The molecule has 0 bridgehead atoms. The molecule has 0 radical (unpaired) electrons. The molecule has 2 heterocycles. The van der Waals surface area contributed by atoms with Gasteiger partial charge in [0.05, 0.1) is 17.1 Å². The maximum absolute atomic E-state index is 12.9. The fraction of sp³-hybridized carbons (Fsp3) is 0.200. The maximum atomic E-state index is 12.9. The van der Waals surface area contributed by atoms with E-state index in [-0.39, 0.29) is 12.4 Å². The van der Waals surface area contributed by atoms with E-state index in [0.29, 0.717) is 16.4 Å². The quantitative estimate of drug-likeness (QED) is 0.625. The van der Waals surface area contributed by atoms with Crippen LogP contribution < -0.4 is 4.90 Å². The van der Waals surface area contributed by atoms with Crippen molar-refractivity contribution in [2.45, 2.75) is 13.1 Å². The first kappa shape index (κ1) is 16.1. The van der Waals surface area contributed by atoms with Crippen LogP contribution in [0.5, 0.6) is 0 Å². The summed E-state index contributed by atoms with van der Waals surface area (Å²) >= 11 is 9.61. The van der Waals surface area contributed by atoms with E-state index in [9.17, 15) is 8.78 Å². The molecule has 0 spiro atoms. The first-order valence-electron chi connectivity index (χ1n) is 6.72. The van der Waals surface area contributed by atoms with Crippen molar-refractivity contribution < 1.29 is 8.78 Å². The summed E-state index contributed by atoms with van der Waals surface area (Å²) < 4.78 is 27.5. The van der Waals surface area contributed by atoms with E-state index in [2.05, 4.69) is 25.9 Å². The van der Waals surface area contributed by atoms with Gasteiger partial charge in [-0.3, -0.25) is 4.57 Å². The highest BCUT2D eigenvalue weighted by Gasteiger charge is 2.14. The van der Waals surface area contributed by atoms with Crippen LogP contribution in [0, 0.1) is 0 Å². The third-order valence-corrected chi connectivity index (χ3v) is 4.17. The lowest BCUT2D eigenvalue weighted by Gasteiger charge is -2.19. The van der Waals surface area contributed by atoms with Crippen LogP contribution >= 0.6 is 27.5 Å².